The van der Waals surface area contributed by atoms with Crippen molar-refractivity contribution in [3.8, 4) is 11.5 Å². The Labute approximate surface area is 255 Å². The van der Waals surface area contributed by atoms with Gasteiger partial charge in [0.15, 0.2) is 11.5 Å². The van der Waals surface area contributed by atoms with E-state index in [2.05, 4.69) is 33.0 Å². The number of ether oxygens (including phenoxy) is 2. The number of methoxy groups -OCH3 is 1. The third-order valence-electron chi connectivity index (χ3n) is 7.49. The second-order valence-electron chi connectivity index (χ2n) is 10.3. The summed E-state index contributed by atoms with van der Waals surface area (Å²) in [5.41, 5.74) is 6.60. The summed E-state index contributed by atoms with van der Waals surface area (Å²) in [6.45, 7) is 3.05. The number of hydrogen-bond donors (Lipinski definition) is 0. The van der Waals surface area contributed by atoms with E-state index in [9.17, 15) is 4.79 Å². The fourth-order valence-electron chi connectivity index (χ4n) is 5.42. The van der Waals surface area contributed by atoms with Gasteiger partial charge in [-0.2, -0.15) is 0 Å². The molecule has 0 saturated carbocycles. The number of nitrogens with zero attached hydrogens (tertiary/aromatic N) is 2. The first-order chi connectivity index (χ1) is 20.5. The van der Waals surface area contributed by atoms with Crippen LogP contribution in [0.3, 0.4) is 0 Å². The van der Waals surface area contributed by atoms with E-state index in [1.807, 2.05) is 121 Å². The van der Waals surface area contributed by atoms with E-state index in [1.165, 1.54) is 0 Å². The third-order valence-corrected chi connectivity index (χ3v) is 8.08. The van der Waals surface area contributed by atoms with Crippen molar-refractivity contribution >= 4 is 33.2 Å². The molecular formula is C36H31BrN2O3. The van der Waals surface area contributed by atoms with Gasteiger partial charge in [0.1, 0.15) is 12.8 Å². The molecule has 0 saturated heterocycles. The van der Waals surface area contributed by atoms with Crippen molar-refractivity contribution in [1.82, 2.24) is 0 Å². The van der Waals surface area contributed by atoms with Crippen LogP contribution < -0.4 is 19.3 Å². The quantitative estimate of drug-likeness (QED) is 0.174. The first-order valence-corrected chi connectivity index (χ1v) is 14.7. The predicted molar refractivity (Wildman–Crippen MR) is 171 cm³/mol. The van der Waals surface area contributed by atoms with Crippen molar-refractivity contribution in [3.63, 3.8) is 0 Å². The first-order valence-electron chi connectivity index (χ1n) is 13.9. The number of benzene rings is 5. The van der Waals surface area contributed by atoms with Crippen LogP contribution in [0.1, 0.15) is 38.8 Å². The highest BCUT2D eigenvalue weighted by Gasteiger charge is 2.40. The number of hydrogen-bond acceptors (Lipinski definition) is 4. The number of fused-ring (bicyclic) bond motifs is 1. The molecular weight excluding hydrogens is 588 g/mol. The molecule has 0 N–H and O–H groups in total. The van der Waals surface area contributed by atoms with E-state index in [1.54, 1.807) is 7.11 Å². The van der Waals surface area contributed by atoms with Crippen LogP contribution in [-0.2, 0) is 13.2 Å². The molecule has 42 heavy (non-hydrogen) atoms. The number of carbonyl (C=O) groups is 1. The number of aryl methyl sites for hydroxylation is 1. The third kappa shape index (κ3) is 5.50. The van der Waals surface area contributed by atoms with Crippen molar-refractivity contribution in [2.24, 2.45) is 0 Å². The summed E-state index contributed by atoms with van der Waals surface area (Å²) >= 11 is 3.77. The zero-order valence-corrected chi connectivity index (χ0v) is 25.1. The lowest BCUT2D eigenvalue weighted by molar-refractivity contribution is 0.0968. The Morgan fingerprint density at radius 1 is 0.786 bits per heavy atom. The minimum absolute atomic E-state index is 0.0525. The van der Waals surface area contributed by atoms with Gasteiger partial charge < -0.3 is 14.4 Å². The number of halogens is 1. The van der Waals surface area contributed by atoms with Crippen molar-refractivity contribution in [1.29, 1.82) is 0 Å². The number of anilines is 2. The molecule has 6 heteroatoms. The van der Waals surface area contributed by atoms with Gasteiger partial charge >= 0.3 is 0 Å². The largest absolute Gasteiger partial charge is 0.493 e. The van der Waals surface area contributed by atoms with Crippen molar-refractivity contribution in [2.75, 3.05) is 16.9 Å². The average Bonchev–Trinajstić information content (AvgIpc) is 3.03. The molecule has 0 unspecified atom stereocenters. The summed E-state index contributed by atoms with van der Waals surface area (Å²) in [6.07, 6.45) is -0.455. The second kappa shape index (κ2) is 12.1. The summed E-state index contributed by atoms with van der Waals surface area (Å²) < 4.78 is 12.9. The van der Waals surface area contributed by atoms with Crippen molar-refractivity contribution in [3.05, 3.63) is 154 Å². The SMILES string of the molecule is COc1cc([C@@H]2N(Cc3ccccc3)c3ccccc3C(=O)N2c2ccc(C)cc2)cc(Br)c1OCc1ccccc1. The fraction of sp³-hybridized carbons (Fsp3) is 0.139. The Bertz CT molecular complexity index is 1690. The zero-order valence-electron chi connectivity index (χ0n) is 23.5. The summed E-state index contributed by atoms with van der Waals surface area (Å²) in [6, 6.07) is 40.3. The molecule has 1 amide bonds. The predicted octanol–water partition coefficient (Wildman–Crippen LogP) is 8.71. The van der Waals surface area contributed by atoms with Crippen LogP contribution in [0.5, 0.6) is 11.5 Å². The summed E-state index contributed by atoms with van der Waals surface area (Å²) in [5, 5.41) is 0. The van der Waals surface area contributed by atoms with Crippen LogP contribution >= 0.6 is 15.9 Å². The Hall–Kier alpha value is -4.55. The van der Waals surface area contributed by atoms with Crippen LogP contribution in [0.25, 0.3) is 0 Å². The molecule has 0 radical (unpaired) electrons. The monoisotopic (exact) mass is 618 g/mol. The fourth-order valence-corrected chi connectivity index (χ4v) is 5.99. The minimum atomic E-state index is -0.455. The van der Waals surface area contributed by atoms with Crippen molar-refractivity contribution in [2.45, 2.75) is 26.2 Å². The number of carbonyl (C=O) groups excluding carboxylic acids is 1. The zero-order chi connectivity index (χ0) is 29.1. The smallest absolute Gasteiger partial charge is 0.262 e. The summed E-state index contributed by atoms with van der Waals surface area (Å²) in [5.74, 6) is 1.15. The van der Waals surface area contributed by atoms with Gasteiger partial charge in [-0.15, -0.1) is 0 Å². The highest BCUT2D eigenvalue weighted by atomic mass is 79.9. The number of para-hydroxylation sites is 1. The molecule has 5 nitrogen and oxygen atoms in total. The molecule has 0 spiro atoms. The van der Waals surface area contributed by atoms with Gasteiger partial charge in [0.25, 0.3) is 5.91 Å². The maximum Gasteiger partial charge on any atom is 0.262 e. The molecule has 0 fully saturated rings. The van der Waals surface area contributed by atoms with Gasteiger partial charge in [-0.25, -0.2) is 0 Å². The highest BCUT2D eigenvalue weighted by Crippen LogP contribution is 2.46. The lowest BCUT2D eigenvalue weighted by Crippen LogP contribution is -2.49. The summed E-state index contributed by atoms with van der Waals surface area (Å²) in [4.78, 5) is 18.5. The average molecular weight is 620 g/mol. The lowest BCUT2D eigenvalue weighted by Gasteiger charge is -2.46. The van der Waals surface area contributed by atoms with Gasteiger partial charge in [-0.05, 0) is 70.4 Å². The lowest BCUT2D eigenvalue weighted by atomic mass is 9.98. The number of rotatable bonds is 8. The highest BCUT2D eigenvalue weighted by molar-refractivity contribution is 9.10. The van der Waals surface area contributed by atoms with Crippen LogP contribution in [0, 0.1) is 6.92 Å². The van der Waals surface area contributed by atoms with E-state index >= 15 is 0 Å². The maximum absolute atomic E-state index is 14.3. The normalized spacial score (nSPS) is 14.5. The summed E-state index contributed by atoms with van der Waals surface area (Å²) in [7, 11) is 1.64. The molecule has 1 atom stereocenters. The molecule has 0 aliphatic carbocycles. The first kappa shape index (κ1) is 27.6. The van der Waals surface area contributed by atoms with Crippen LogP contribution in [0.2, 0.25) is 0 Å². The van der Waals surface area contributed by atoms with Gasteiger partial charge in [0, 0.05) is 17.8 Å². The van der Waals surface area contributed by atoms with Gasteiger partial charge in [0.2, 0.25) is 0 Å². The maximum atomic E-state index is 14.3. The molecule has 6 rings (SSSR count). The Morgan fingerprint density at radius 3 is 2.12 bits per heavy atom. The second-order valence-corrected chi connectivity index (χ2v) is 11.2. The van der Waals surface area contributed by atoms with Gasteiger partial charge in [0.05, 0.1) is 22.8 Å². The van der Waals surface area contributed by atoms with Gasteiger partial charge in [-0.1, -0.05) is 90.5 Å². The van der Waals surface area contributed by atoms with E-state index in [0.717, 1.165) is 38.1 Å². The topological polar surface area (TPSA) is 42.0 Å². The van der Waals surface area contributed by atoms with Crippen LogP contribution in [-0.4, -0.2) is 13.0 Å². The van der Waals surface area contributed by atoms with Gasteiger partial charge in [-0.3, -0.25) is 9.69 Å². The molecule has 1 heterocycles. The molecule has 0 aromatic heterocycles. The van der Waals surface area contributed by atoms with Crippen LogP contribution in [0.15, 0.2) is 126 Å². The van der Waals surface area contributed by atoms with E-state index in [-0.39, 0.29) is 5.91 Å². The van der Waals surface area contributed by atoms with Crippen LogP contribution in [0.4, 0.5) is 11.4 Å². The molecule has 210 valence electrons. The molecule has 1 aliphatic heterocycles. The standard InChI is InChI=1S/C36H31BrN2O3/c1-25-17-19-29(20-18-25)39-35(28-21-31(37)34(33(22-28)41-2)42-24-27-13-7-4-8-14-27)38(23-26-11-5-3-6-12-26)32-16-10-9-15-30(32)36(39)40/h3-22,35H,23-24H2,1-2H3/t35-/m1/s1. The molecule has 1 aliphatic rings. The Kier molecular flexibility index (Phi) is 7.97. The minimum Gasteiger partial charge on any atom is -0.493 e. The molecule has 0 bridgehead atoms. The van der Waals surface area contributed by atoms with E-state index in [4.69, 9.17) is 9.47 Å². The van der Waals surface area contributed by atoms with E-state index < -0.39 is 6.17 Å². The number of amides is 1. The molecule has 5 aromatic rings. The molecule has 5 aromatic carbocycles. The van der Waals surface area contributed by atoms with Crippen molar-refractivity contribution < 1.29 is 14.3 Å². The van der Waals surface area contributed by atoms with E-state index in [0.29, 0.717) is 30.2 Å². The Balaban J connectivity index is 1.50. The Morgan fingerprint density at radius 2 is 1.43 bits per heavy atom.